The summed E-state index contributed by atoms with van der Waals surface area (Å²) < 4.78 is 32.6. The van der Waals surface area contributed by atoms with Crippen LogP contribution in [-0.2, 0) is 32.7 Å². The Morgan fingerprint density at radius 1 is 0.589 bits per heavy atom. The fraction of sp³-hybridized carbons (Fsp3) is 0.727. The number of carbonyl (C=O) groups is 2. The van der Waals surface area contributed by atoms with E-state index < -0.39 is 51.8 Å². The first-order chi connectivity index (χ1) is 27.1. The van der Waals surface area contributed by atoms with E-state index in [1.165, 1.54) is 38.5 Å². The summed E-state index contributed by atoms with van der Waals surface area (Å²) in [4.78, 5) is 34.9. The molecule has 0 rings (SSSR count). The number of ether oxygens (including phenoxy) is 2. The van der Waals surface area contributed by atoms with Crippen LogP contribution in [0.15, 0.2) is 60.8 Å². The number of phosphoric acid groups is 1. The van der Waals surface area contributed by atoms with Crippen molar-refractivity contribution in [1.29, 1.82) is 0 Å². The second-order valence-corrected chi connectivity index (χ2v) is 15.6. The molecule has 56 heavy (non-hydrogen) atoms. The molecule has 4 N–H and O–H groups in total. The van der Waals surface area contributed by atoms with Crippen molar-refractivity contribution in [3.63, 3.8) is 0 Å². The van der Waals surface area contributed by atoms with Crippen LogP contribution in [-0.4, -0.2) is 76.9 Å². The Labute approximate surface area is 338 Å². The van der Waals surface area contributed by atoms with Crippen molar-refractivity contribution in [2.75, 3.05) is 26.4 Å². The van der Waals surface area contributed by atoms with Gasteiger partial charge in [0, 0.05) is 12.8 Å². The highest BCUT2D eigenvalue weighted by atomic mass is 31.2. The number of carbonyl (C=O) groups excluding carboxylic acids is 2. The van der Waals surface area contributed by atoms with Gasteiger partial charge in [0.2, 0.25) is 0 Å². The van der Waals surface area contributed by atoms with Gasteiger partial charge in [-0.3, -0.25) is 18.6 Å². The van der Waals surface area contributed by atoms with Gasteiger partial charge < -0.3 is 29.7 Å². The summed E-state index contributed by atoms with van der Waals surface area (Å²) in [5.74, 6) is -1.03. The van der Waals surface area contributed by atoms with Gasteiger partial charge in [-0.2, -0.15) is 0 Å². The molecule has 0 aromatic carbocycles. The Hall–Kier alpha value is -2.37. The lowest BCUT2D eigenvalue weighted by molar-refractivity contribution is -0.161. The molecule has 0 aliphatic heterocycles. The average molecular weight is 813 g/mol. The molecule has 0 fully saturated rings. The molecule has 11 nitrogen and oxygen atoms in total. The van der Waals surface area contributed by atoms with Crippen molar-refractivity contribution in [3.05, 3.63) is 60.8 Å². The molecule has 0 bridgehead atoms. The molecule has 0 radical (unpaired) electrons. The smallest absolute Gasteiger partial charge is 0.462 e. The maximum Gasteiger partial charge on any atom is 0.472 e. The van der Waals surface area contributed by atoms with Gasteiger partial charge in [-0.05, 0) is 70.6 Å². The Kier molecular flexibility index (Phi) is 37.8. The third kappa shape index (κ3) is 38.5. The van der Waals surface area contributed by atoms with Crippen molar-refractivity contribution in [2.24, 2.45) is 0 Å². The standard InChI is InChI=1S/C44H77O11P/c1-3-5-7-8-9-10-11-12-13-14-19-22-25-28-31-35-44(49)55-42(39-54-56(50,51)53-37-41(47)36-45)38-52-43(48)34-30-27-24-21-18-16-15-17-20-23-26-29-33-40(46)32-6-4-2/h12-13,15-16,20-21,23-24,29,33,40-42,45-47H,3-11,14,17-19,22,25-28,30-32,34-39H2,1-2H3,(H,50,51)/b13-12-,16-15-,23-20-,24-21-,33-29-/t40-,41-,42+/m0/s1. The number of phosphoric ester groups is 1. The first-order valence-electron chi connectivity index (χ1n) is 21.3. The summed E-state index contributed by atoms with van der Waals surface area (Å²) in [6.07, 6.45) is 39.5. The van der Waals surface area contributed by atoms with E-state index in [4.69, 9.17) is 19.1 Å². The zero-order chi connectivity index (χ0) is 41.4. The number of rotatable bonds is 39. The highest BCUT2D eigenvalue weighted by Crippen LogP contribution is 2.43. The topological polar surface area (TPSA) is 169 Å². The van der Waals surface area contributed by atoms with E-state index in [9.17, 15) is 29.3 Å². The third-order valence-electron chi connectivity index (χ3n) is 8.72. The number of hydrogen-bond acceptors (Lipinski definition) is 10. The molecule has 0 amide bonds. The quantitative estimate of drug-likeness (QED) is 0.0202. The highest BCUT2D eigenvalue weighted by Gasteiger charge is 2.27. The molecule has 0 aromatic heterocycles. The summed E-state index contributed by atoms with van der Waals surface area (Å²) >= 11 is 0. The van der Waals surface area contributed by atoms with Crippen molar-refractivity contribution < 1.29 is 52.9 Å². The molecular formula is C44H77O11P. The predicted molar refractivity (Wildman–Crippen MR) is 225 cm³/mol. The Morgan fingerprint density at radius 2 is 1.09 bits per heavy atom. The van der Waals surface area contributed by atoms with Gasteiger partial charge in [-0.25, -0.2) is 4.57 Å². The molecule has 0 aliphatic rings. The maximum absolute atomic E-state index is 12.6. The molecular weight excluding hydrogens is 735 g/mol. The minimum Gasteiger partial charge on any atom is -0.462 e. The van der Waals surface area contributed by atoms with Gasteiger partial charge in [0.05, 0.1) is 25.9 Å². The summed E-state index contributed by atoms with van der Waals surface area (Å²) in [6, 6.07) is 0. The van der Waals surface area contributed by atoms with Gasteiger partial charge >= 0.3 is 19.8 Å². The fourth-order valence-electron chi connectivity index (χ4n) is 5.35. The third-order valence-corrected chi connectivity index (χ3v) is 9.67. The number of unbranched alkanes of at least 4 members (excludes halogenated alkanes) is 13. The Bertz CT molecular complexity index is 1130. The molecule has 1 unspecified atom stereocenters. The number of hydrogen-bond donors (Lipinski definition) is 4. The van der Waals surface area contributed by atoms with E-state index in [-0.39, 0.29) is 25.6 Å². The molecule has 0 saturated carbocycles. The lowest BCUT2D eigenvalue weighted by Crippen LogP contribution is -2.29. The molecule has 0 spiro atoms. The van der Waals surface area contributed by atoms with Crippen LogP contribution >= 0.6 is 7.82 Å². The number of allylic oxidation sites excluding steroid dienone is 9. The number of aliphatic hydroxyl groups is 3. The maximum atomic E-state index is 12.6. The zero-order valence-corrected chi connectivity index (χ0v) is 35.6. The van der Waals surface area contributed by atoms with E-state index in [1.807, 2.05) is 24.3 Å². The second kappa shape index (κ2) is 39.5. The van der Waals surface area contributed by atoms with Crippen LogP contribution in [0.1, 0.15) is 162 Å². The van der Waals surface area contributed by atoms with Crippen molar-refractivity contribution in [2.45, 2.75) is 180 Å². The van der Waals surface area contributed by atoms with Gasteiger partial charge in [0.15, 0.2) is 6.10 Å². The number of aliphatic hydroxyl groups excluding tert-OH is 3. The SMILES string of the molecule is CCCCCCCC/C=C\CCCCCCCC(=O)O[C@H](COC(=O)CCC/C=C\C/C=C\C/C=C\C/C=C\[C@@H](O)CCCC)COP(=O)(O)OC[C@@H](O)CO. The van der Waals surface area contributed by atoms with Crippen molar-refractivity contribution in [1.82, 2.24) is 0 Å². The first-order valence-corrected chi connectivity index (χ1v) is 22.8. The first kappa shape index (κ1) is 53.6. The lowest BCUT2D eigenvalue weighted by atomic mass is 10.1. The van der Waals surface area contributed by atoms with Crippen LogP contribution in [0, 0.1) is 0 Å². The molecule has 0 heterocycles. The van der Waals surface area contributed by atoms with Crippen LogP contribution in [0.4, 0.5) is 0 Å². The molecule has 0 aliphatic carbocycles. The summed E-state index contributed by atoms with van der Waals surface area (Å²) in [6.45, 7) is 2.12. The molecule has 12 heteroatoms. The molecule has 0 saturated heterocycles. The van der Waals surface area contributed by atoms with Crippen LogP contribution in [0.2, 0.25) is 0 Å². The second-order valence-electron chi connectivity index (χ2n) is 14.2. The van der Waals surface area contributed by atoms with Gasteiger partial charge in [-0.15, -0.1) is 0 Å². The molecule has 4 atom stereocenters. The number of esters is 2. The van der Waals surface area contributed by atoms with Gasteiger partial charge in [0.1, 0.15) is 12.7 Å². The fourth-order valence-corrected chi connectivity index (χ4v) is 6.14. The van der Waals surface area contributed by atoms with Crippen molar-refractivity contribution >= 4 is 19.8 Å². The van der Waals surface area contributed by atoms with Gasteiger partial charge in [0.25, 0.3) is 0 Å². The zero-order valence-electron chi connectivity index (χ0n) is 34.7. The van der Waals surface area contributed by atoms with Gasteiger partial charge in [-0.1, -0.05) is 139 Å². The van der Waals surface area contributed by atoms with Crippen molar-refractivity contribution in [3.8, 4) is 0 Å². The average Bonchev–Trinajstić information content (AvgIpc) is 3.18. The summed E-state index contributed by atoms with van der Waals surface area (Å²) in [5.41, 5.74) is 0. The minimum absolute atomic E-state index is 0.145. The normalized spacial score (nSPS) is 15.0. The molecule has 324 valence electrons. The van der Waals surface area contributed by atoms with E-state index in [1.54, 1.807) is 0 Å². The summed E-state index contributed by atoms with van der Waals surface area (Å²) in [5, 5.41) is 28.1. The van der Waals surface area contributed by atoms with E-state index in [0.717, 1.165) is 77.0 Å². The van der Waals surface area contributed by atoms with E-state index in [0.29, 0.717) is 19.3 Å². The lowest BCUT2D eigenvalue weighted by Gasteiger charge is -2.20. The highest BCUT2D eigenvalue weighted by molar-refractivity contribution is 7.47. The molecule has 0 aromatic rings. The van der Waals surface area contributed by atoms with Crippen LogP contribution in [0.25, 0.3) is 0 Å². The monoisotopic (exact) mass is 813 g/mol. The Morgan fingerprint density at radius 3 is 1.71 bits per heavy atom. The minimum atomic E-state index is -4.64. The predicted octanol–water partition coefficient (Wildman–Crippen LogP) is 10.1. The van der Waals surface area contributed by atoms with E-state index in [2.05, 4.69) is 54.8 Å². The van der Waals surface area contributed by atoms with Crippen LogP contribution in [0.5, 0.6) is 0 Å². The summed E-state index contributed by atoms with van der Waals surface area (Å²) in [7, 11) is -4.64. The largest absolute Gasteiger partial charge is 0.472 e. The van der Waals surface area contributed by atoms with Crippen LogP contribution < -0.4 is 0 Å². The Balaban J connectivity index is 4.45. The van der Waals surface area contributed by atoms with Crippen LogP contribution in [0.3, 0.4) is 0 Å². The van der Waals surface area contributed by atoms with E-state index >= 15 is 0 Å².